The number of pyridine rings is 1. The van der Waals surface area contributed by atoms with Crippen LogP contribution >= 0.6 is 11.6 Å². The zero-order chi connectivity index (χ0) is 19.0. The molecule has 1 saturated heterocycles. The van der Waals surface area contributed by atoms with Gasteiger partial charge in [-0.3, -0.25) is 4.79 Å². The molecule has 0 spiro atoms. The number of rotatable bonds is 4. The molecule has 0 N–H and O–H groups in total. The van der Waals surface area contributed by atoms with Crippen LogP contribution in [0.4, 0.5) is 4.39 Å². The quantitative estimate of drug-likeness (QED) is 0.443. The van der Waals surface area contributed by atoms with Crippen LogP contribution in [0.2, 0.25) is 5.15 Å². The van der Waals surface area contributed by atoms with Crippen LogP contribution in [-0.4, -0.2) is 11.0 Å². The van der Waals surface area contributed by atoms with Crippen molar-refractivity contribution >= 4 is 17.6 Å². The predicted molar refractivity (Wildman–Crippen MR) is 102 cm³/mol. The summed E-state index contributed by atoms with van der Waals surface area (Å²) in [6.45, 7) is 1.98. The maximum atomic E-state index is 13.2. The second kappa shape index (κ2) is 6.78. The molecule has 5 heteroatoms. The molecule has 1 aliphatic rings. The number of halogens is 2. The molecule has 2 aromatic carbocycles. The van der Waals surface area contributed by atoms with Gasteiger partial charge in [0.2, 0.25) is 0 Å². The smallest absolute Gasteiger partial charge is 0.321 e. The molecular weight excluding hydrogens is 365 g/mol. The first kappa shape index (κ1) is 17.7. The zero-order valence-corrected chi connectivity index (χ0v) is 15.4. The van der Waals surface area contributed by atoms with Crippen molar-refractivity contribution in [3.8, 4) is 11.3 Å². The van der Waals surface area contributed by atoms with E-state index in [9.17, 15) is 9.18 Å². The zero-order valence-electron chi connectivity index (χ0n) is 14.7. The van der Waals surface area contributed by atoms with Crippen LogP contribution in [0.3, 0.4) is 0 Å². The molecule has 2 atom stereocenters. The summed E-state index contributed by atoms with van der Waals surface area (Å²) in [5.74, 6) is -0.555. The standard InChI is InChI=1S/C22H17ClFNO2/c1-2-22(16-6-4-3-5-7-16)20(27-21(22)26)15-12-18(25-19(23)13-15)14-8-10-17(24)11-9-14/h3-13,20H,2H2,1H3/t20-,22+/m1/s1. The van der Waals surface area contributed by atoms with Crippen molar-refractivity contribution in [1.82, 2.24) is 4.98 Å². The van der Waals surface area contributed by atoms with Crippen molar-refractivity contribution in [3.63, 3.8) is 0 Å². The lowest BCUT2D eigenvalue weighted by molar-refractivity contribution is -0.193. The van der Waals surface area contributed by atoms with Crippen LogP contribution in [-0.2, 0) is 14.9 Å². The second-order valence-electron chi connectivity index (χ2n) is 6.59. The molecule has 136 valence electrons. The fraction of sp³-hybridized carbons (Fsp3) is 0.182. The molecule has 0 unspecified atom stereocenters. The first-order chi connectivity index (χ1) is 13.0. The molecular formula is C22H17ClFNO2. The molecule has 0 amide bonds. The second-order valence-corrected chi connectivity index (χ2v) is 6.98. The third-order valence-corrected chi connectivity index (χ3v) is 5.34. The highest BCUT2D eigenvalue weighted by Gasteiger charge is 2.58. The van der Waals surface area contributed by atoms with Crippen molar-refractivity contribution in [2.24, 2.45) is 0 Å². The van der Waals surface area contributed by atoms with Crippen molar-refractivity contribution in [1.29, 1.82) is 0 Å². The van der Waals surface area contributed by atoms with Gasteiger partial charge >= 0.3 is 5.97 Å². The summed E-state index contributed by atoms with van der Waals surface area (Å²) < 4.78 is 18.8. The van der Waals surface area contributed by atoms with Gasteiger partial charge in [0.1, 0.15) is 22.5 Å². The number of hydrogen-bond donors (Lipinski definition) is 0. The molecule has 27 heavy (non-hydrogen) atoms. The minimum absolute atomic E-state index is 0.238. The lowest BCUT2D eigenvalue weighted by Gasteiger charge is -2.47. The van der Waals surface area contributed by atoms with E-state index in [0.29, 0.717) is 17.3 Å². The Morgan fingerprint density at radius 1 is 1.11 bits per heavy atom. The lowest BCUT2D eigenvalue weighted by atomic mass is 9.67. The molecule has 0 bridgehead atoms. The topological polar surface area (TPSA) is 39.2 Å². The van der Waals surface area contributed by atoms with Crippen LogP contribution < -0.4 is 0 Å². The van der Waals surface area contributed by atoms with E-state index in [1.54, 1.807) is 18.2 Å². The molecule has 2 heterocycles. The molecule has 0 radical (unpaired) electrons. The van der Waals surface area contributed by atoms with Gasteiger partial charge in [0.05, 0.1) is 5.69 Å². The summed E-state index contributed by atoms with van der Waals surface area (Å²) in [5.41, 5.74) is 2.31. The fourth-order valence-corrected chi connectivity index (χ4v) is 3.91. The average molecular weight is 382 g/mol. The largest absolute Gasteiger partial charge is 0.455 e. The summed E-state index contributed by atoms with van der Waals surface area (Å²) >= 11 is 6.25. The Morgan fingerprint density at radius 3 is 2.44 bits per heavy atom. The van der Waals surface area contributed by atoms with Crippen LogP contribution in [0.15, 0.2) is 66.7 Å². The highest BCUT2D eigenvalue weighted by molar-refractivity contribution is 6.29. The monoisotopic (exact) mass is 381 g/mol. The van der Waals surface area contributed by atoms with Crippen LogP contribution in [0, 0.1) is 5.82 Å². The number of esters is 1. The van der Waals surface area contributed by atoms with E-state index in [1.165, 1.54) is 12.1 Å². The van der Waals surface area contributed by atoms with Gasteiger partial charge in [-0.25, -0.2) is 9.37 Å². The van der Waals surface area contributed by atoms with E-state index in [1.807, 2.05) is 43.3 Å². The van der Waals surface area contributed by atoms with Gasteiger partial charge in [-0.15, -0.1) is 0 Å². The summed E-state index contributed by atoms with van der Waals surface area (Å²) in [5, 5.41) is 0.299. The molecule has 0 saturated carbocycles. The third kappa shape index (κ3) is 2.90. The molecule has 1 aromatic heterocycles. The molecule has 3 nitrogen and oxygen atoms in total. The first-order valence-electron chi connectivity index (χ1n) is 8.74. The van der Waals surface area contributed by atoms with Gasteiger partial charge in [-0.1, -0.05) is 48.9 Å². The fourth-order valence-electron chi connectivity index (χ4n) is 3.69. The van der Waals surface area contributed by atoms with Gasteiger partial charge in [-0.2, -0.15) is 0 Å². The van der Waals surface area contributed by atoms with Gasteiger partial charge in [0, 0.05) is 5.56 Å². The summed E-state index contributed by atoms with van der Waals surface area (Å²) in [7, 11) is 0. The van der Waals surface area contributed by atoms with Gasteiger partial charge in [0.25, 0.3) is 0 Å². The molecule has 4 rings (SSSR count). The van der Waals surface area contributed by atoms with E-state index in [2.05, 4.69) is 4.98 Å². The van der Waals surface area contributed by atoms with E-state index >= 15 is 0 Å². The number of cyclic esters (lactones) is 1. The first-order valence-corrected chi connectivity index (χ1v) is 9.12. The highest BCUT2D eigenvalue weighted by Crippen LogP contribution is 2.52. The van der Waals surface area contributed by atoms with E-state index in [-0.39, 0.29) is 11.8 Å². The maximum Gasteiger partial charge on any atom is 0.321 e. The Kier molecular flexibility index (Phi) is 4.44. The van der Waals surface area contributed by atoms with Gasteiger partial charge < -0.3 is 4.74 Å². The Hall–Kier alpha value is -2.72. The van der Waals surface area contributed by atoms with Crippen LogP contribution in [0.25, 0.3) is 11.3 Å². The number of hydrogen-bond acceptors (Lipinski definition) is 3. The number of carbonyl (C=O) groups is 1. The predicted octanol–water partition coefficient (Wildman–Crippen LogP) is 5.49. The molecule has 1 fully saturated rings. The number of ether oxygens (including phenoxy) is 1. The Morgan fingerprint density at radius 2 is 1.81 bits per heavy atom. The summed E-state index contributed by atoms with van der Waals surface area (Å²) in [6.07, 6.45) is 0.156. The van der Waals surface area contributed by atoms with Crippen molar-refractivity contribution in [3.05, 3.63) is 88.8 Å². The minimum Gasteiger partial charge on any atom is -0.455 e. The molecule has 0 aliphatic carbocycles. The number of nitrogens with zero attached hydrogens (tertiary/aromatic N) is 1. The van der Waals surface area contributed by atoms with Gasteiger partial charge in [-0.05, 0) is 53.9 Å². The highest BCUT2D eigenvalue weighted by atomic mass is 35.5. The van der Waals surface area contributed by atoms with Gasteiger partial charge in [0.15, 0.2) is 0 Å². The minimum atomic E-state index is -0.744. The van der Waals surface area contributed by atoms with E-state index < -0.39 is 11.5 Å². The lowest BCUT2D eigenvalue weighted by Crippen LogP contribution is -2.54. The molecule has 1 aliphatic heterocycles. The average Bonchev–Trinajstić information content (AvgIpc) is 2.67. The number of carbonyl (C=O) groups excluding carboxylic acids is 1. The third-order valence-electron chi connectivity index (χ3n) is 5.14. The number of aromatic nitrogens is 1. The Bertz CT molecular complexity index is 991. The number of benzene rings is 2. The van der Waals surface area contributed by atoms with E-state index in [4.69, 9.17) is 16.3 Å². The Labute approximate surface area is 161 Å². The van der Waals surface area contributed by atoms with Crippen LogP contribution in [0.5, 0.6) is 0 Å². The normalized spacial score (nSPS) is 21.4. The maximum absolute atomic E-state index is 13.2. The SMILES string of the molecule is CC[C@@]1(c2ccccc2)C(=O)O[C@@H]1c1cc(Cl)nc(-c2ccc(F)cc2)c1. The summed E-state index contributed by atoms with van der Waals surface area (Å²) in [4.78, 5) is 16.9. The van der Waals surface area contributed by atoms with Crippen molar-refractivity contribution < 1.29 is 13.9 Å². The van der Waals surface area contributed by atoms with E-state index in [0.717, 1.165) is 16.7 Å². The summed E-state index contributed by atoms with van der Waals surface area (Å²) in [6, 6.07) is 19.3. The van der Waals surface area contributed by atoms with Crippen molar-refractivity contribution in [2.45, 2.75) is 24.9 Å². The molecule has 3 aromatic rings. The Balaban J connectivity index is 1.79. The van der Waals surface area contributed by atoms with Crippen molar-refractivity contribution in [2.75, 3.05) is 0 Å². The van der Waals surface area contributed by atoms with Crippen LogP contribution in [0.1, 0.15) is 30.6 Å².